The molecule has 2 aliphatic heterocycles. The van der Waals surface area contributed by atoms with Gasteiger partial charge < -0.3 is 14.4 Å². The first kappa shape index (κ1) is 18.3. The van der Waals surface area contributed by atoms with Gasteiger partial charge in [0.05, 0.1) is 24.9 Å². The zero-order valence-electron chi connectivity index (χ0n) is 14.7. The summed E-state index contributed by atoms with van der Waals surface area (Å²) in [7, 11) is 3.20. The average molecular weight is 423 g/mol. The van der Waals surface area contributed by atoms with E-state index in [0.29, 0.717) is 45.3 Å². The lowest BCUT2D eigenvalue weighted by Gasteiger charge is -2.31. The van der Waals surface area contributed by atoms with E-state index in [1.165, 1.54) is 4.90 Å². The number of hydrogen-bond donors (Lipinski definition) is 0. The van der Waals surface area contributed by atoms with Crippen molar-refractivity contribution in [2.24, 2.45) is 0 Å². The summed E-state index contributed by atoms with van der Waals surface area (Å²) in [6.45, 7) is 0.520. The SMILES string of the molecule is COc1cc2c(cc1OC)CN1C(=S)N(c3ccc(Cl)cc3Cl)C(=O)[C@H]1C2. The molecule has 2 aromatic rings. The maximum atomic E-state index is 13.1. The van der Waals surface area contributed by atoms with Crippen LogP contribution in [0.15, 0.2) is 30.3 Å². The van der Waals surface area contributed by atoms with Gasteiger partial charge in [0, 0.05) is 18.0 Å². The largest absolute Gasteiger partial charge is 0.493 e. The number of carbonyl (C=O) groups is 1. The van der Waals surface area contributed by atoms with Crippen LogP contribution in [-0.2, 0) is 17.8 Å². The number of halogens is 2. The summed E-state index contributed by atoms with van der Waals surface area (Å²) in [6, 6.07) is 8.52. The minimum atomic E-state index is -0.366. The highest BCUT2D eigenvalue weighted by molar-refractivity contribution is 7.80. The van der Waals surface area contributed by atoms with Crippen molar-refractivity contribution < 1.29 is 14.3 Å². The number of rotatable bonds is 3. The molecule has 27 heavy (non-hydrogen) atoms. The summed E-state index contributed by atoms with van der Waals surface area (Å²) < 4.78 is 10.8. The number of methoxy groups -OCH3 is 2. The first-order valence-corrected chi connectivity index (χ1v) is 9.44. The Balaban J connectivity index is 1.72. The van der Waals surface area contributed by atoms with Gasteiger partial charge in [0.1, 0.15) is 6.04 Å². The molecule has 0 bridgehead atoms. The monoisotopic (exact) mass is 422 g/mol. The van der Waals surface area contributed by atoms with Crippen LogP contribution in [-0.4, -0.2) is 36.2 Å². The second-order valence-corrected chi connectivity index (χ2v) is 7.58. The van der Waals surface area contributed by atoms with E-state index in [1.54, 1.807) is 32.4 Å². The molecule has 4 rings (SSSR count). The third-order valence-corrected chi connectivity index (χ3v) is 5.88. The summed E-state index contributed by atoms with van der Waals surface area (Å²) in [6.07, 6.45) is 0.538. The van der Waals surface area contributed by atoms with Crippen LogP contribution in [0.3, 0.4) is 0 Å². The number of nitrogens with zero attached hydrogens (tertiary/aromatic N) is 2. The quantitative estimate of drug-likeness (QED) is 0.697. The Kier molecular flexibility index (Phi) is 4.66. The Labute approximate surface area is 172 Å². The number of ether oxygens (including phenoxy) is 2. The summed E-state index contributed by atoms with van der Waals surface area (Å²) in [5.41, 5.74) is 2.65. The zero-order chi connectivity index (χ0) is 19.3. The molecule has 2 heterocycles. The molecular weight excluding hydrogens is 407 g/mol. The third kappa shape index (κ3) is 2.92. The van der Waals surface area contributed by atoms with Crippen molar-refractivity contribution in [2.45, 2.75) is 19.0 Å². The number of thiocarbonyl (C=S) groups is 1. The van der Waals surface area contributed by atoms with Crippen LogP contribution in [0.25, 0.3) is 0 Å². The number of fused-ring (bicyclic) bond motifs is 2. The van der Waals surface area contributed by atoms with E-state index in [-0.39, 0.29) is 11.9 Å². The molecule has 1 saturated heterocycles. The Morgan fingerprint density at radius 3 is 2.37 bits per heavy atom. The van der Waals surface area contributed by atoms with E-state index in [4.69, 9.17) is 44.9 Å². The lowest BCUT2D eigenvalue weighted by atomic mass is 9.94. The van der Waals surface area contributed by atoms with Crippen LogP contribution in [0.2, 0.25) is 10.0 Å². The molecule has 2 aromatic carbocycles. The van der Waals surface area contributed by atoms with Gasteiger partial charge in [0.2, 0.25) is 0 Å². The fraction of sp³-hybridized carbons (Fsp3) is 0.263. The van der Waals surface area contributed by atoms with Gasteiger partial charge in [-0.2, -0.15) is 0 Å². The maximum absolute atomic E-state index is 13.1. The molecule has 1 amide bonds. The van der Waals surface area contributed by atoms with Crippen molar-refractivity contribution in [1.82, 2.24) is 4.90 Å². The Morgan fingerprint density at radius 1 is 1.07 bits per heavy atom. The molecule has 5 nitrogen and oxygen atoms in total. The fourth-order valence-electron chi connectivity index (χ4n) is 3.59. The summed E-state index contributed by atoms with van der Waals surface area (Å²) in [5, 5.41) is 1.33. The van der Waals surface area contributed by atoms with Crippen LogP contribution >= 0.6 is 35.4 Å². The number of carbonyl (C=O) groups excluding carboxylic acids is 1. The molecule has 1 atom stereocenters. The predicted molar refractivity (Wildman–Crippen MR) is 109 cm³/mol. The molecule has 1 fully saturated rings. The van der Waals surface area contributed by atoms with Crippen molar-refractivity contribution in [3.05, 3.63) is 51.5 Å². The lowest BCUT2D eigenvalue weighted by Crippen LogP contribution is -2.40. The van der Waals surface area contributed by atoms with Crippen LogP contribution in [0, 0.1) is 0 Å². The van der Waals surface area contributed by atoms with Crippen LogP contribution in [0.5, 0.6) is 11.5 Å². The molecule has 0 aromatic heterocycles. The third-order valence-electron chi connectivity index (χ3n) is 4.93. The van der Waals surface area contributed by atoms with Gasteiger partial charge in [-0.1, -0.05) is 23.2 Å². The second-order valence-electron chi connectivity index (χ2n) is 6.38. The lowest BCUT2D eigenvalue weighted by molar-refractivity contribution is -0.119. The molecule has 2 aliphatic rings. The van der Waals surface area contributed by atoms with Crippen LogP contribution in [0.4, 0.5) is 5.69 Å². The van der Waals surface area contributed by atoms with Crippen molar-refractivity contribution in [3.63, 3.8) is 0 Å². The highest BCUT2D eigenvalue weighted by Crippen LogP contribution is 2.39. The first-order valence-electron chi connectivity index (χ1n) is 8.28. The number of hydrogen-bond acceptors (Lipinski definition) is 4. The standard InChI is InChI=1S/C19H16Cl2N2O3S/c1-25-16-6-10-5-15-18(24)23(14-4-3-12(20)8-13(14)21)19(27)22(15)9-11(10)7-17(16)26-2/h3-4,6-8,15H,5,9H2,1-2H3/t15-/m1/s1. The maximum Gasteiger partial charge on any atom is 0.256 e. The molecule has 0 N–H and O–H groups in total. The van der Waals surface area contributed by atoms with Crippen molar-refractivity contribution in [1.29, 1.82) is 0 Å². The van der Waals surface area contributed by atoms with Gasteiger partial charge in [-0.25, -0.2) is 0 Å². The number of anilines is 1. The molecule has 0 saturated carbocycles. The topological polar surface area (TPSA) is 42.0 Å². The molecule has 0 radical (unpaired) electrons. The first-order chi connectivity index (χ1) is 12.9. The Hall–Kier alpha value is -2.02. The normalized spacial score (nSPS) is 18.4. The van der Waals surface area contributed by atoms with Gasteiger partial charge in [-0.3, -0.25) is 9.69 Å². The molecule has 140 valence electrons. The Bertz CT molecular complexity index is 915. The molecular formula is C19H16Cl2N2O3S. The minimum absolute atomic E-state index is 0.0929. The fourth-order valence-corrected chi connectivity index (χ4v) is 4.46. The van der Waals surface area contributed by atoms with Crippen molar-refractivity contribution in [2.75, 3.05) is 19.1 Å². The highest BCUT2D eigenvalue weighted by atomic mass is 35.5. The van der Waals surface area contributed by atoms with Crippen LogP contribution in [0.1, 0.15) is 11.1 Å². The molecule has 0 unspecified atom stereocenters. The van der Waals surface area contributed by atoms with Gasteiger partial charge in [0.15, 0.2) is 16.6 Å². The molecule has 0 aliphatic carbocycles. The van der Waals surface area contributed by atoms with Crippen molar-refractivity contribution >= 4 is 52.1 Å². The van der Waals surface area contributed by atoms with E-state index in [1.807, 2.05) is 17.0 Å². The van der Waals surface area contributed by atoms with Crippen molar-refractivity contribution in [3.8, 4) is 11.5 Å². The number of amides is 1. The van der Waals surface area contributed by atoms with Gasteiger partial charge in [0.25, 0.3) is 5.91 Å². The summed E-state index contributed by atoms with van der Waals surface area (Å²) in [4.78, 5) is 16.6. The Morgan fingerprint density at radius 2 is 1.74 bits per heavy atom. The number of benzene rings is 2. The average Bonchev–Trinajstić information content (AvgIpc) is 2.89. The van der Waals surface area contributed by atoms with E-state index in [2.05, 4.69) is 0 Å². The smallest absolute Gasteiger partial charge is 0.256 e. The minimum Gasteiger partial charge on any atom is -0.493 e. The van der Waals surface area contributed by atoms with E-state index < -0.39 is 0 Å². The van der Waals surface area contributed by atoms with Crippen LogP contribution < -0.4 is 14.4 Å². The van der Waals surface area contributed by atoms with E-state index in [0.717, 1.165) is 11.1 Å². The van der Waals surface area contributed by atoms with E-state index >= 15 is 0 Å². The summed E-state index contributed by atoms with van der Waals surface area (Å²) in [5.74, 6) is 1.21. The zero-order valence-corrected chi connectivity index (χ0v) is 17.0. The predicted octanol–water partition coefficient (Wildman–Crippen LogP) is 4.07. The van der Waals surface area contributed by atoms with Gasteiger partial charge in [-0.15, -0.1) is 0 Å². The van der Waals surface area contributed by atoms with Gasteiger partial charge in [-0.05, 0) is 53.7 Å². The second kappa shape index (κ2) is 6.86. The van der Waals surface area contributed by atoms with Gasteiger partial charge >= 0.3 is 0 Å². The molecule has 8 heteroatoms. The molecule has 0 spiro atoms. The van der Waals surface area contributed by atoms with E-state index in [9.17, 15) is 4.79 Å². The highest BCUT2D eigenvalue weighted by Gasteiger charge is 2.46. The summed E-state index contributed by atoms with van der Waals surface area (Å²) >= 11 is 17.9.